The van der Waals surface area contributed by atoms with Crippen molar-refractivity contribution in [3.05, 3.63) is 53.1 Å². The Kier molecular flexibility index (Phi) is 4.42. The predicted octanol–water partition coefficient (Wildman–Crippen LogP) is 5.19. The SMILES string of the molecule is Cc1cccc([C@@H](C)Nc2nnc(C)c3cnc(N4CC5(CC(C)C5)C4)cc23)c1F. The molecule has 0 amide bonds. The summed E-state index contributed by atoms with van der Waals surface area (Å²) >= 11 is 0. The Morgan fingerprint density at radius 3 is 2.67 bits per heavy atom. The van der Waals surface area contributed by atoms with Crippen molar-refractivity contribution in [1.82, 2.24) is 15.2 Å². The molecule has 2 aliphatic rings. The first-order chi connectivity index (χ1) is 14.3. The molecule has 5 nitrogen and oxygen atoms in total. The van der Waals surface area contributed by atoms with Crippen LogP contribution in [0.5, 0.6) is 0 Å². The molecule has 1 aliphatic carbocycles. The lowest BCUT2D eigenvalue weighted by atomic mass is 9.58. The molecule has 6 heteroatoms. The minimum atomic E-state index is -0.231. The lowest BCUT2D eigenvalue weighted by Gasteiger charge is -2.59. The van der Waals surface area contributed by atoms with Crippen LogP contribution in [0.1, 0.15) is 49.6 Å². The van der Waals surface area contributed by atoms with Crippen molar-refractivity contribution in [3.8, 4) is 0 Å². The number of hydrogen-bond donors (Lipinski definition) is 1. The van der Waals surface area contributed by atoms with Crippen molar-refractivity contribution in [2.45, 2.75) is 46.6 Å². The second-order valence-corrected chi connectivity index (χ2v) is 9.44. The fourth-order valence-corrected chi connectivity index (χ4v) is 5.33. The number of halogens is 1. The maximum atomic E-state index is 14.6. The molecule has 5 rings (SSSR count). The third kappa shape index (κ3) is 3.09. The van der Waals surface area contributed by atoms with Crippen LogP contribution >= 0.6 is 0 Å². The van der Waals surface area contributed by atoms with Gasteiger partial charge in [-0.1, -0.05) is 25.1 Å². The molecule has 2 fully saturated rings. The highest BCUT2D eigenvalue weighted by Crippen LogP contribution is 2.52. The molecule has 1 spiro atoms. The van der Waals surface area contributed by atoms with E-state index >= 15 is 0 Å². The average molecular weight is 406 g/mol. The molecule has 1 saturated heterocycles. The Morgan fingerprint density at radius 1 is 1.17 bits per heavy atom. The van der Waals surface area contributed by atoms with Crippen LogP contribution in [0.3, 0.4) is 0 Å². The first-order valence-electron chi connectivity index (χ1n) is 10.7. The van der Waals surface area contributed by atoms with E-state index in [9.17, 15) is 4.39 Å². The maximum Gasteiger partial charge on any atom is 0.157 e. The summed E-state index contributed by atoms with van der Waals surface area (Å²) in [5, 5.41) is 14.0. The van der Waals surface area contributed by atoms with E-state index in [2.05, 4.69) is 33.4 Å². The van der Waals surface area contributed by atoms with E-state index in [1.54, 1.807) is 13.0 Å². The van der Waals surface area contributed by atoms with E-state index in [1.165, 1.54) is 12.8 Å². The number of fused-ring (bicyclic) bond motifs is 1. The average Bonchev–Trinajstić information content (AvgIpc) is 2.67. The first-order valence-corrected chi connectivity index (χ1v) is 10.7. The van der Waals surface area contributed by atoms with Gasteiger partial charge in [0.05, 0.1) is 11.7 Å². The second kappa shape index (κ2) is 6.89. The predicted molar refractivity (Wildman–Crippen MR) is 118 cm³/mol. The molecule has 3 aromatic rings. The number of rotatable bonds is 4. The van der Waals surface area contributed by atoms with Crippen LogP contribution in [0, 0.1) is 31.0 Å². The van der Waals surface area contributed by atoms with Gasteiger partial charge >= 0.3 is 0 Å². The van der Waals surface area contributed by atoms with E-state index < -0.39 is 0 Å². The summed E-state index contributed by atoms with van der Waals surface area (Å²) in [6.07, 6.45) is 4.55. The minimum absolute atomic E-state index is 0.176. The maximum absolute atomic E-state index is 14.6. The molecular weight excluding hydrogens is 377 g/mol. The zero-order valence-electron chi connectivity index (χ0n) is 18.0. The Bertz CT molecular complexity index is 1110. The number of nitrogens with zero attached hydrogens (tertiary/aromatic N) is 4. The second-order valence-electron chi connectivity index (χ2n) is 9.44. The van der Waals surface area contributed by atoms with E-state index in [0.29, 0.717) is 22.4 Å². The van der Waals surface area contributed by atoms with Gasteiger partial charge < -0.3 is 10.2 Å². The van der Waals surface area contributed by atoms with Crippen molar-refractivity contribution in [2.75, 3.05) is 23.3 Å². The topological polar surface area (TPSA) is 53.9 Å². The van der Waals surface area contributed by atoms with Gasteiger partial charge in [0.15, 0.2) is 5.82 Å². The Morgan fingerprint density at radius 2 is 1.93 bits per heavy atom. The Labute approximate surface area is 176 Å². The number of nitrogens with one attached hydrogen (secondary N) is 1. The number of pyridine rings is 1. The van der Waals surface area contributed by atoms with Gasteiger partial charge in [0.2, 0.25) is 0 Å². The monoisotopic (exact) mass is 405 g/mol. The molecule has 1 aromatic carbocycles. The molecule has 1 N–H and O–H groups in total. The van der Waals surface area contributed by atoms with Crippen LogP contribution in [0.2, 0.25) is 0 Å². The summed E-state index contributed by atoms with van der Waals surface area (Å²) in [5.41, 5.74) is 2.63. The Balaban J connectivity index is 1.45. The molecular formula is C24H28FN5. The number of benzene rings is 1. The van der Waals surface area contributed by atoms with Gasteiger partial charge in [-0.15, -0.1) is 5.10 Å². The van der Waals surface area contributed by atoms with Gasteiger partial charge in [-0.2, -0.15) is 5.10 Å². The van der Waals surface area contributed by atoms with E-state index in [4.69, 9.17) is 4.98 Å². The third-order valence-electron chi connectivity index (χ3n) is 6.82. The van der Waals surface area contributed by atoms with Crippen molar-refractivity contribution < 1.29 is 4.39 Å². The van der Waals surface area contributed by atoms with Crippen molar-refractivity contribution in [1.29, 1.82) is 0 Å². The molecule has 3 heterocycles. The van der Waals surface area contributed by atoms with Crippen LogP contribution < -0.4 is 10.2 Å². The zero-order valence-corrected chi connectivity index (χ0v) is 18.0. The molecule has 1 atom stereocenters. The molecule has 1 saturated carbocycles. The normalized spacial score (nSPS) is 18.9. The highest BCUT2D eigenvalue weighted by Gasteiger charge is 2.51. The fourth-order valence-electron chi connectivity index (χ4n) is 5.33. The molecule has 156 valence electrons. The van der Waals surface area contributed by atoms with Crippen LogP contribution in [0.15, 0.2) is 30.5 Å². The lowest BCUT2D eigenvalue weighted by Crippen LogP contribution is -2.62. The number of aromatic nitrogens is 3. The zero-order chi connectivity index (χ0) is 21.0. The third-order valence-corrected chi connectivity index (χ3v) is 6.82. The minimum Gasteiger partial charge on any atom is -0.361 e. The Hall–Kier alpha value is -2.76. The quantitative estimate of drug-likeness (QED) is 0.647. The van der Waals surface area contributed by atoms with E-state index in [1.807, 2.05) is 32.2 Å². The van der Waals surface area contributed by atoms with Crippen molar-refractivity contribution in [3.63, 3.8) is 0 Å². The molecule has 1 aliphatic heterocycles. The lowest BCUT2D eigenvalue weighted by molar-refractivity contribution is 0.0332. The van der Waals surface area contributed by atoms with Crippen molar-refractivity contribution in [2.24, 2.45) is 11.3 Å². The smallest absolute Gasteiger partial charge is 0.157 e. The number of aryl methyl sites for hydroxylation is 2. The van der Waals surface area contributed by atoms with Gasteiger partial charge in [-0.25, -0.2) is 9.37 Å². The van der Waals surface area contributed by atoms with Gasteiger partial charge in [0.25, 0.3) is 0 Å². The first kappa shape index (κ1) is 19.2. The number of anilines is 2. The summed E-state index contributed by atoms with van der Waals surface area (Å²) < 4.78 is 14.6. The summed E-state index contributed by atoms with van der Waals surface area (Å²) in [6.45, 7) is 10.2. The van der Waals surface area contributed by atoms with Gasteiger partial charge in [0, 0.05) is 41.0 Å². The van der Waals surface area contributed by atoms with Crippen LogP contribution in [0.4, 0.5) is 16.0 Å². The fraction of sp³-hybridized carbons (Fsp3) is 0.458. The van der Waals surface area contributed by atoms with Crippen molar-refractivity contribution >= 4 is 22.4 Å². The van der Waals surface area contributed by atoms with Gasteiger partial charge in [-0.3, -0.25) is 0 Å². The molecule has 0 radical (unpaired) electrons. The van der Waals surface area contributed by atoms with Gasteiger partial charge in [0.1, 0.15) is 11.6 Å². The van der Waals surface area contributed by atoms with Crippen LogP contribution in [-0.2, 0) is 0 Å². The largest absolute Gasteiger partial charge is 0.361 e. The summed E-state index contributed by atoms with van der Waals surface area (Å²) in [6, 6.07) is 7.36. The van der Waals surface area contributed by atoms with Crippen LogP contribution in [-0.4, -0.2) is 28.3 Å². The molecule has 0 bridgehead atoms. The molecule has 30 heavy (non-hydrogen) atoms. The van der Waals surface area contributed by atoms with E-state index in [-0.39, 0.29) is 11.9 Å². The highest BCUT2D eigenvalue weighted by atomic mass is 19.1. The highest BCUT2D eigenvalue weighted by molar-refractivity contribution is 5.94. The number of hydrogen-bond acceptors (Lipinski definition) is 5. The molecule has 2 aromatic heterocycles. The molecule has 0 unspecified atom stereocenters. The van der Waals surface area contributed by atoms with Gasteiger partial charge in [-0.05, 0) is 51.2 Å². The standard InChI is InChI=1S/C24H28FN5/c1-14-9-24(10-14)12-30(13-24)21-8-19-20(11-26-21)17(4)28-29-23(19)27-16(3)18-7-5-6-15(2)22(18)25/h5-8,11,14,16H,9-10,12-13H2,1-4H3,(H,27,29)/t16-/m1/s1. The summed E-state index contributed by atoms with van der Waals surface area (Å²) in [5.74, 6) is 2.33. The van der Waals surface area contributed by atoms with Crippen LogP contribution in [0.25, 0.3) is 10.8 Å². The summed E-state index contributed by atoms with van der Waals surface area (Å²) in [4.78, 5) is 7.06. The van der Waals surface area contributed by atoms with E-state index in [0.717, 1.165) is 41.3 Å². The summed E-state index contributed by atoms with van der Waals surface area (Å²) in [7, 11) is 0.